The van der Waals surface area contributed by atoms with Crippen LogP contribution in [0, 0.1) is 6.92 Å². The number of rotatable bonds is 6. The first-order valence-corrected chi connectivity index (χ1v) is 9.65. The molecule has 7 nitrogen and oxygen atoms in total. The first-order chi connectivity index (χ1) is 14.1. The van der Waals surface area contributed by atoms with E-state index in [1.165, 1.54) is 16.7 Å². The molecule has 1 aromatic carbocycles. The Bertz CT molecular complexity index is 1070. The summed E-state index contributed by atoms with van der Waals surface area (Å²) in [7, 11) is 0. The van der Waals surface area contributed by atoms with Crippen LogP contribution in [0.4, 0.5) is 11.6 Å². The average Bonchev–Trinajstić information content (AvgIpc) is 3.37. The van der Waals surface area contributed by atoms with Gasteiger partial charge in [0.15, 0.2) is 5.82 Å². The molecule has 3 aromatic rings. The van der Waals surface area contributed by atoms with Gasteiger partial charge in [0.2, 0.25) is 5.91 Å². The molecule has 1 aliphatic rings. The summed E-state index contributed by atoms with van der Waals surface area (Å²) < 4.78 is 0. The summed E-state index contributed by atoms with van der Waals surface area (Å²) in [6.07, 6.45) is 6.24. The van der Waals surface area contributed by atoms with E-state index in [-0.39, 0.29) is 12.5 Å². The summed E-state index contributed by atoms with van der Waals surface area (Å²) in [5.41, 5.74) is 6.66. The van der Waals surface area contributed by atoms with Gasteiger partial charge < -0.3 is 10.6 Å². The summed E-state index contributed by atoms with van der Waals surface area (Å²) in [5.74, 6) is 0.950. The number of benzene rings is 1. The van der Waals surface area contributed by atoms with Gasteiger partial charge in [-0.25, -0.2) is 0 Å². The molecule has 0 fully saturated rings. The third-order valence-electron chi connectivity index (χ3n) is 4.92. The molecule has 29 heavy (non-hydrogen) atoms. The molecule has 0 radical (unpaired) electrons. The predicted octanol–water partition coefficient (Wildman–Crippen LogP) is 4.28. The molecule has 4 rings (SSSR count). The first-order valence-electron chi connectivity index (χ1n) is 9.65. The summed E-state index contributed by atoms with van der Waals surface area (Å²) in [5, 5.41) is 20.2. The van der Waals surface area contributed by atoms with Gasteiger partial charge in [-0.15, -0.1) is 0 Å². The van der Waals surface area contributed by atoms with Crippen LogP contribution in [0.3, 0.4) is 0 Å². The van der Waals surface area contributed by atoms with Crippen molar-refractivity contribution in [2.75, 3.05) is 17.2 Å². The van der Waals surface area contributed by atoms with Crippen LogP contribution in [-0.4, -0.2) is 32.8 Å². The van der Waals surface area contributed by atoms with Gasteiger partial charge in [0.05, 0.1) is 17.9 Å². The molecule has 2 heterocycles. The van der Waals surface area contributed by atoms with Crippen LogP contribution in [0.25, 0.3) is 16.8 Å². The molecule has 4 N–H and O–H groups in total. The molecule has 1 aliphatic carbocycles. The minimum atomic E-state index is -0.184. The van der Waals surface area contributed by atoms with Gasteiger partial charge in [-0.1, -0.05) is 47.6 Å². The number of aryl methyl sites for hydroxylation is 1. The Hall–Kier alpha value is -3.61. The molecule has 0 spiro atoms. The maximum absolute atomic E-state index is 12.2. The van der Waals surface area contributed by atoms with E-state index in [1.807, 2.05) is 24.3 Å². The molecule has 148 valence electrons. The minimum absolute atomic E-state index is 0.102. The largest absolute Gasteiger partial charge is 0.360 e. The number of hydrogen-bond acceptors (Lipinski definition) is 4. The number of carbonyl (C=O) groups is 1. The zero-order valence-electron chi connectivity index (χ0n) is 16.5. The Morgan fingerprint density at radius 2 is 1.69 bits per heavy atom. The van der Waals surface area contributed by atoms with E-state index in [0.29, 0.717) is 11.6 Å². The number of carbonyl (C=O) groups excluding carboxylic acids is 1. The summed E-state index contributed by atoms with van der Waals surface area (Å²) in [6.45, 7) is 4.28. The van der Waals surface area contributed by atoms with E-state index in [4.69, 9.17) is 0 Å². The number of allylic oxidation sites excluding steroid dienone is 4. The highest BCUT2D eigenvalue weighted by Crippen LogP contribution is 2.26. The molecule has 0 saturated carbocycles. The summed E-state index contributed by atoms with van der Waals surface area (Å²) >= 11 is 0. The smallest absolute Gasteiger partial charge is 0.244 e. The lowest BCUT2D eigenvalue weighted by Crippen LogP contribution is -2.22. The lowest BCUT2D eigenvalue weighted by atomic mass is 9.97. The lowest BCUT2D eigenvalue weighted by Gasteiger charge is -2.09. The Labute approximate surface area is 169 Å². The van der Waals surface area contributed by atoms with E-state index in [1.54, 1.807) is 0 Å². The molecule has 0 atom stereocenters. The zero-order chi connectivity index (χ0) is 20.2. The normalized spacial score (nSPS) is 13.6. The van der Waals surface area contributed by atoms with Crippen LogP contribution in [0.1, 0.15) is 31.0 Å². The second kappa shape index (κ2) is 8.18. The van der Waals surface area contributed by atoms with Crippen LogP contribution >= 0.6 is 0 Å². The molecule has 0 bridgehead atoms. The van der Waals surface area contributed by atoms with Crippen LogP contribution in [0.15, 0.2) is 54.1 Å². The third kappa shape index (κ3) is 4.63. The van der Waals surface area contributed by atoms with Crippen molar-refractivity contribution in [2.24, 2.45) is 0 Å². The van der Waals surface area contributed by atoms with Crippen molar-refractivity contribution < 1.29 is 4.79 Å². The topological polar surface area (TPSA) is 98.5 Å². The number of nitrogens with one attached hydrogen (secondary N) is 4. The predicted molar refractivity (Wildman–Crippen MR) is 115 cm³/mol. The van der Waals surface area contributed by atoms with Crippen LogP contribution in [0.2, 0.25) is 0 Å². The van der Waals surface area contributed by atoms with E-state index < -0.39 is 0 Å². The van der Waals surface area contributed by atoms with Gasteiger partial charge in [0.25, 0.3) is 0 Å². The zero-order valence-corrected chi connectivity index (χ0v) is 16.5. The number of amides is 1. The third-order valence-corrected chi connectivity index (χ3v) is 4.92. The summed E-state index contributed by atoms with van der Waals surface area (Å²) in [6, 6.07) is 11.9. The molecular weight excluding hydrogens is 364 g/mol. The number of hydrogen-bond donors (Lipinski definition) is 4. The first kappa shape index (κ1) is 18.7. The Balaban J connectivity index is 1.31. The van der Waals surface area contributed by atoms with Gasteiger partial charge in [0.1, 0.15) is 5.82 Å². The molecule has 2 aromatic heterocycles. The Morgan fingerprint density at radius 1 is 0.966 bits per heavy atom. The van der Waals surface area contributed by atoms with Gasteiger partial charge in [-0.3, -0.25) is 15.0 Å². The van der Waals surface area contributed by atoms with Gasteiger partial charge in [-0.05, 0) is 37.8 Å². The number of nitrogens with zero attached hydrogens (tertiary/aromatic N) is 2. The van der Waals surface area contributed by atoms with Crippen molar-refractivity contribution in [1.29, 1.82) is 0 Å². The van der Waals surface area contributed by atoms with E-state index in [9.17, 15) is 4.79 Å². The second-order valence-electron chi connectivity index (χ2n) is 7.31. The quantitative estimate of drug-likeness (QED) is 0.506. The van der Waals surface area contributed by atoms with Crippen molar-refractivity contribution in [2.45, 2.75) is 26.7 Å². The highest BCUT2D eigenvalue weighted by atomic mass is 16.2. The van der Waals surface area contributed by atoms with E-state index in [2.05, 4.69) is 69.2 Å². The maximum atomic E-state index is 12.2. The fourth-order valence-corrected chi connectivity index (χ4v) is 3.17. The highest BCUT2D eigenvalue weighted by molar-refractivity contribution is 5.93. The van der Waals surface area contributed by atoms with Gasteiger partial charge in [0, 0.05) is 12.1 Å². The van der Waals surface area contributed by atoms with Gasteiger partial charge in [-0.2, -0.15) is 10.2 Å². The van der Waals surface area contributed by atoms with Crippen molar-refractivity contribution in [3.8, 4) is 11.3 Å². The van der Waals surface area contributed by atoms with Crippen LogP contribution < -0.4 is 10.6 Å². The summed E-state index contributed by atoms with van der Waals surface area (Å²) in [4.78, 5) is 12.2. The lowest BCUT2D eigenvalue weighted by molar-refractivity contribution is -0.114. The second-order valence-corrected chi connectivity index (χ2v) is 7.31. The molecule has 0 aliphatic heterocycles. The Morgan fingerprint density at radius 3 is 2.45 bits per heavy atom. The fraction of sp³-hybridized carbons (Fsp3) is 0.227. The fourth-order valence-electron chi connectivity index (χ4n) is 3.17. The molecular formula is C22H24N6O. The van der Waals surface area contributed by atoms with E-state index >= 15 is 0 Å². The minimum Gasteiger partial charge on any atom is -0.360 e. The van der Waals surface area contributed by atoms with Crippen LogP contribution in [0.5, 0.6) is 0 Å². The monoisotopic (exact) mass is 388 g/mol. The van der Waals surface area contributed by atoms with E-state index in [0.717, 1.165) is 29.8 Å². The molecule has 0 unspecified atom stereocenters. The molecule has 0 saturated heterocycles. The number of H-pyrrole nitrogens is 2. The standard InChI is InChI=1S/C22H24N6O/c1-14-3-7-16(8-4-14)18-11-20(27-25-18)23-13-22(29)24-21-12-19(26-28-21)17-9-5-15(2)6-10-17/h3-5,7-9,11-12H,6,10,13H2,1-2H3,(H2,23,25,27)(H2,24,26,28,29). The highest BCUT2D eigenvalue weighted by Gasteiger charge is 2.11. The number of aromatic nitrogens is 4. The van der Waals surface area contributed by atoms with Crippen molar-refractivity contribution in [1.82, 2.24) is 20.4 Å². The van der Waals surface area contributed by atoms with Gasteiger partial charge >= 0.3 is 0 Å². The Kier molecular flexibility index (Phi) is 5.29. The average molecular weight is 388 g/mol. The van der Waals surface area contributed by atoms with Crippen LogP contribution in [-0.2, 0) is 4.79 Å². The maximum Gasteiger partial charge on any atom is 0.244 e. The number of aromatic amines is 2. The molecule has 1 amide bonds. The van der Waals surface area contributed by atoms with Crippen molar-refractivity contribution in [3.63, 3.8) is 0 Å². The van der Waals surface area contributed by atoms with Crippen molar-refractivity contribution >= 4 is 23.1 Å². The number of anilines is 2. The SMILES string of the molecule is CC1=CC=C(c2cc(NC(=O)CNc3cc(-c4ccc(C)cc4)[nH]n3)n[nH]2)CC1. The van der Waals surface area contributed by atoms with Crippen molar-refractivity contribution in [3.05, 3.63) is 65.4 Å². The molecule has 7 heteroatoms.